The van der Waals surface area contributed by atoms with Crippen LogP contribution >= 0.6 is 17.2 Å². The molecule has 0 radical (unpaired) electrons. The molecular formula is C40H45Cl2HfSi. The monoisotopic (exact) mass is 803 g/mol. The average molecular weight is 803 g/mol. The Kier molecular flexibility index (Phi) is 9.47. The van der Waals surface area contributed by atoms with Crippen molar-refractivity contribution in [2.75, 3.05) is 0 Å². The maximum atomic E-state index is 8.71. The maximum absolute atomic E-state index is 8.71. The number of benzene rings is 4. The van der Waals surface area contributed by atoms with Crippen LogP contribution in [0.1, 0.15) is 82.0 Å². The van der Waals surface area contributed by atoms with Gasteiger partial charge in [-0.3, -0.25) is 0 Å². The van der Waals surface area contributed by atoms with Crippen molar-refractivity contribution in [3.8, 4) is 22.3 Å². The number of hydrogen-bond donors (Lipinski definition) is 0. The van der Waals surface area contributed by atoms with Crippen molar-refractivity contribution in [2.45, 2.75) is 72.8 Å². The van der Waals surface area contributed by atoms with Crippen molar-refractivity contribution in [2.24, 2.45) is 0 Å². The molecule has 2 atom stereocenters. The van der Waals surface area contributed by atoms with Crippen molar-refractivity contribution in [1.82, 2.24) is 0 Å². The molecule has 4 heteroatoms. The van der Waals surface area contributed by atoms with Gasteiger partial charge in [0.2, 0.25) is 0 Å². The SMILES string of the molecule is CCCCC1=Cc2c(-c3ccccc3)cccc2[CH]1[Hf]([Cl])([Cl])([CH]1C(CCCC)=Cc2c(-c3ccccc3)cccc21)[SiH](C)C. The van der Waals surface area contributed by atoms with Crippen molar-refractivity contribution in [3.05, 3.63) is 130 Å². The standard InChI is InChI=1S/2C19H19.C2H7Si.2ClH.Hf/c2*1-2-3-8-15-13-17-11-7-12-18(19(17)14-15)16-9-5-4-6-10-16;1-3-2;;;/h2*4-7,9-14H,2-3,8H2,1H3;3H,1-2H3;2*1H;/q;;;;;+2/p-2. The number of unbranched alkanes of at least 4 members (excludes halogenated alkanes) is 2. The van der Waals surface area contributed by atoms with Gasteiger partial charge in [-0.05, 0) is 0 Å². The van der Waals surface area contributed by atoms with Gasteiger partial charge in [-0.1, -0.05) is 0 Å². The fourth-order valence-electron chi connectivity index (χ4n) is 8.00. The summed E-state index contributed by atoms with van der Waals surface area (Å²) in [6, 6.07) is 35.5. The van der Waals surface area contributed by atoms with E-state index in [1.54, 1.807) is 0 Å². The molecule has 0 amide bonds. The second-order valence-electron chi connectivity index (χ2n) is 13.2. The van der Waals surface area contributed by atoms with E-state index >= 15 is 0 Å². The zero-order chi connectivity index (χ0) is 30.9. The van der Waals surface area contributed by atoms with Gasteiger partial charge in [0.15, 0.2) is 0 Å². The van der Waals surface area contributed by atoms with Gasteiger partial charge in [-0.25, -0.2) is 0 Å². The Labute approximate surface area is 274 Å². The summed E-state index contributed by atoms with van der Waals surface area (Å²) in [5.74, 6) is -1.59. The van der Waals surface area contributed by atoms with Crippen LogP contribution in [0.5, 0.6) is 0 Å². The molecule has 0 spiro atoms. The summed E-state index contributed by atoms with van der Waals surface area (Å²) in [4.78, 5) is 0. The first-order valence-corrected chi connectivity index (χ1v) is 38.8. The first-order valence-electron chi connectivity index (χ1n) is 16.6. The summed E-state index contributed by atoms with van der Waals surface area (Å²) in [6.07, 6.45) is 11.8. The molecule has 2 aliphatic rings. The van der Waals surface area contributed by atoms with Crippen LogP contribution in [0.4, 0.5) is 0 Å². The van der Waals surface area contributed by atoms with Gasteiger partial charge in [0.25, 0.3) is 0 Å². The van der Waals surface area contributed by atoms with Crippen LogP contribution in [-0.4, -0.2) is 5.98 Å². The predicted molar refractivity (Wildman–Crippen MR) is 195 cm³/mol. The fourth-order valence-corrected chi connectivity index (χ4v) is 52.6. The summed E-state index contributed by atoms with van der Waals surface area (Å²) in [6.45, 7) is 9.54. The third kappa shape index (κ3) is 5.42. The quantitative estimate of drug-likeness (QED) is 0.133. The molecule has 4 aromatic rings. The van der Waals surface area contributed by atoms with Crippen LogP contribution in [0.15, 0.2) is 108 Å². The summed E-state index contributed by atoms with van der Waals surface area (Å²) in [5, 5.41) is 0. The van der Waals surface area contributed by atoms with E-state index in [1.165, 1.54) is 55.7 Å². The number of halogens is 2. The molecule has 2 unspecified atom stereocenters. The first kappa shape index (κ1) is 32.0. The van der Waals surface area contributed by atoms with Crippen LogP contribution in [-0.2, 0) is 15.3 Å². The molecule has 0 N–H and O–H groups in total. The second kappa shape index (κ2) is 13.0. The molecule has 0 bridgehead atoms. The number of allylic oxidation sites excluding steroid dienone is 2. The molecule has 0 saturated heterocycles. The van der Waals surface area contributed by atoms with Gasteiger partial charge in [0.1, 0.15) is 0 Å². The Morgan fingerprint density at radius 3 is 1.34 bits per heavy atom. The molecule has 0 aromatic heterocycles. The topological polar surface area (TPSA) is 0 Å². The summed E-state index contributed by atoms with van der Waals surface area (Å²) >= 11 is -4.95. The molecular weight excluding hydrogens is 758 g/mol. The summed E-state index contributed by atoms with van der Waals surface area (Å²) < 4.78 is 0.294. The fraction of sp³-hybridized carbons (Fsp3) is 0.300. The Hall–Kier alpha value is -1.97. The predicted octanol–water partition coefficient (Wildman–Crippen LogP) is 13.0. The minimum atomic E-state index is -4.95. The molecule has 44 heavy (non-hydrogen) atoms. The van der Waals surface area contributed by atoms with Crippen molar-refractivity contribution in [1.29, 1.82) is 0 Å². The number of hydrogen-bond acceptors (Lipinski definition) is 0. The number of fused-ring (bicyclic) bond motifs is 2. The molecule has 4 aromatic carbocycles. The zero-order valence-corrected chi connectivity index (χ0v) is 32.9. The molecule has 6 rings (SSSR count). The molecule has 0 heterocycles. The Morgan fingerprint density at radius 2 is 0.977 bits per heavy atom. The molecule has 2 aliphatic carbocycles. The Morgan fingerprint density at radius 1 is 0.568 bits per heavy atom. The summed E-state index contributed by atoms with van der Waals surface area (Å²) in [7, 11) is 17.4. The van der Waals surface area contributed by atoms with Crippen molar-refractivity contribution < 1.29 is 15.3 Å². The van der Waals surface area contributed by atoms with Crippen LogP contribution < -0.4 is 0 Å². The van der Waals surface area contributed by atoms with Crippen LogP contribution in [0.2, 0.25) is 13.1 Å². The van der Waals surface area contributed by atoms with E-state index in [1.807, 2.05) is 0 Å². The minimum absolute atomic E-state index is 0.147. The van der Waals surface area contributed by atoms with E-state index in [9.17, 15) is 0 Å². The van der Waals surface area contributed by atoms with Crippen LogP contribution in [0.3, 0.4) is 0 Å². The van der Waals surface area contributed by atoms with Crippen LogP contribution in [0.25, 0.3) is 34.4 Å². The molecule has 0 saturated carbocycles. The third-order valence-corrected chi connectivity index (χ3v) is 83.2. The van der Waals surface area contributed by atoms with E-state index in [0.717, 1.165) is 38.5 Å². The molecule has 227 valence electrons. The van der Waals surface area contributed by atoms with Gasteiger partial charge in [0.05, 0.1) is 0 Å². The molecule has 0 nitrogen and oxygen atoms in total. The number of rotatable bonds is 11. The average Bonchev–Trinajstić information content (AvgIpc) is 3.63. The Balaban J connectivity index is 1.60. The van der Waals surface area contributed by atoms with E-state index in [2.05, 4.69) is 136 Å². The normalized spacial score (nSPS) is 18.4. The Bertz CT molecular complexity index is 1580. The van der Waals surface area contributed by atoms with E-state index in [4.69, 9.17) is 17.2 Å². The molecule has 0 fully saturated rings. The van der Waals surface area contributed by atoms with Gasteiger partial charge in [0, 0.05) is 0 Å². The third-order valence-electron chi connectivity index (χ3n) is 10.3. The van der Waals surface area contributed by atoms with Gasteiger partial charge in [-0.2, -0.15) is 0 Å². The van der Waals surface area contributed by atoms with Crippen molar-refractivity contribution >= 4 is 35.3 Å². The van der Waals surface area contributed by atoms with E-state index in [0.29, 0.717) is 0 Å². The van der Waals surface area contributed by atoms with Crippen molar-refractivity contribution in [3.63, 3.8) is 0 Å². The summed E-state index contributed by atoms with van der Waals surface area (Å²) in [5.41, 5.74) is 13.6. The molecule has 0 aliphatic heterocycles. The van der Waals surface area contributed by atoms with Gasteiger partial charge in [-0.15, -0.1) is 0 Å². The second-order valence-corrected chi connectivity index (χ2v) is 72.5. The van der Waals surface area contributed by atoms with Gasteiger partial charge < -0.3 is 0 Å². The zero-order valence-electron chi connectivity index (χ0n) is 26.6. The van der Waals surface area contributed by atoms with E-state index in [-0.39, 0.29) is 7.35 Å². The van der Waals surface area contributed by atoms with E-state index < -0.39 is 21.3 Å². The first-order chi connectivity index (χ1) is 21.3. The van der Waals surface area contributed by atoms with Crippen LogP contribution in [0, 0.1) is 0 Å². The van der Waals surface area contributed by atoms with Gasteiger partial charge >= 0.3 is 276 Å².